The molecule has 0 aliphatic carbocycles. The minimum absolute atomic E-state index is 0.0432. The first-order chi connectivity index (χ1) is 9.75. The van der Waals surface area contributed by atoms with Crippen LogP contribution in [0.1, 0.15) is 6.42 Å². The molecule has 1 atom stereocenters. The van der Waals surface area contributed by atoms with Crippen molar-refractivity contribution in [3.63, 3.8) is 0 Å². The predicted octanol–water partition coefficient (Wildman–Crippen LogP) is 0.0278. The molecule has 0 spiro atoms. The van der Waals surface area contributed by atoms with Gasteiger partial charge in [0.05, 0.1) is 17.0 Å². The molecule has 1 fully saturated rings. The van der Waals surface area contributed by atoms with Crippen molar-refractivity contribution in [3.05, 3.63) is 24.3 Å². The van der Waals surface area contributed by atoms with Gasteiger partial charge in [-0.3, -0.25) is 9.59 Å². The van der Waals surface area contributed by atoms with Crippen LogP contribution in [-0.4, -0.2) is 35.8 Å². The maximum Gasteiger partial charge on any atom is 0.305 e. The first-order valence-electron chi connectivity index (χ1n) is 5.66. The Morgan fingerprint density at radius 2 is 2.00 bits per heavy atom. The fraction of sp³-hybridized carbons (Fsp3) is 0.182. The molecule has 4 N–H and O–H groups in total. The average Bonchev–Trinajstić information content (AvgIpc) is 2.68. The summed E-state index contributed by atoms with van der Waals surface area (Å²) in [6.07, 6.45) is -0.292. The topological polar surface area (TPSA) is 139 Å². The molecule has 112 valence electrons. The molecule has 1 heterocycles. The largest absolute Gasteiger partial charge is 0.481 e. The Hall–Kier alpha value is -1.91. The second kappa shape index (κ2) is 5.84. The lowest BCUT2D eigenvalue weighted by Crippen LogP contribution is -2.26. The zero-order valence-corrected chi connectivity index (χ0v) is 12.1. The summed E-state index contributed by atoms with van der Waals surface area (Å²) in [7, 11) is -3.77. The van der Waals surface area contributed by atoms with Crippen molar-refractivity contribution in [2.75, 3.05) is 0 Å². The van der Waals surface area contributed by atoms with Crippen LogP contribution in [0.15, 0.2) is 34.2 Å². The summed E-state index contributed by atoms with van der Waals surface area (Å²) in [6.45, 7) is 0. The standard InChI is InChI=1S/C11H11N3O5S2/c12-21(18,19)7-3-1-6(2-4-7)13-11-14-10(17)8(20-11)5-9(15)16/h1-4,8H,5H2,(H,15,16)(H2,12,18,19)(H,13,14,17). The smallest absolute Gasteiger partial charge is 0.305 e. The second-order valence-electron chi connectivity index (χ2n) is 4.15. The van der Waals surface area contributed by atoms with E-state index in [1.807, 2.05) is 0 Å². The van der Waals surface area contributed by atoms with E-state index >= 15 is 0 Å². The van der Waals surface area contributed by atoms with Crippen molar-refractivity contribution < 1.29 is 23.1 Å². The number of carboxylic acid groups (broad SMARTS) is 1. The van der Waals surface area contributed by atoms with Crippen molar-refractivity contribution in [1.82, 2.24) is 5.32 Å². The molecule has 1 amide bonds. The number of carboxylic acids is 1. The maximum absolute atomic E-state index is 11.5. The van der Waals surface area contributed by atoms with Gasteiger partial charge in [0.15, 0.2) is 5.17 Å². The fourth-order valence-electron chi connectivity index (χ4n) is 1.58. The lowest BCUT2D eigenvalue weighted by Gasteiger charge is -2.00. The quantitative estimate of drug-likeness (QED) is 0.712. The Morgan fingerprint density at radius 3 is 2.52 bits per heavy atom. The van der Waals surface area contributed by atoms with Gasteiger partial charge in [-0.1, -0.05) is 11.8 Å². The average molecular weight is 329 g/mol. The van der Waals surface area contributed by atoms with E-state index in [1.54, 1.807) is 0 Å². The molecule has 0 aromatic heterocycles. The van der Waals surface area contributed by atoms with Gasteiger partial charge in [0.25, 0.3) is 0 Å². The summed E-state index contributed by atoms with van der Waals surface area (Å²) in [6, 6.07) is 5.46. The van der Waals surface area contributed by atoms with Crippen LogP contribution in [0.2, 0.25) is 0 Å². The van der Waals surface area contributed by atoms with Crippen LogP contribution >= 0.6 is 11.8 Å². The van der Waals surface area contributed by atoms with Crippen LogP contribution in [0.3, 0.4) is 0 Å². The van der Waals surface area contributed by atoms with Crippen molar-refractivity contribution in [1.29, 1.82) is 0 Å². The Kier molecular flexibility index (Phi) is 4.30. The molecule has 1 unspecified atom stereocenters. The summed E-state index contributed by atoms with van der Waals surface area (Å²) in [5.41, 5.74) is 0.418. The molecule has 0 radical (unpaired) electrons. The van der Waals surface area contributed by atoms with Crippen molar-refractivity contribution >= 4 is 44.5 Å². The normalized spacial score (nSPS) is 20.5. The van der Waals surface area contributed by atoms with E-state index in [1.165, 1.54) is 24.3 Å². The zero-order valence-electron chi connectivity index (χ0n) is 10.5. The Balaban J connectivity index is 2.14. The third kappa shape index (κ3) is 4.03. The van der Waals surface area contributed by atoms with Gasteiger partial charge in [-0.2, -0.15) is 0 Å². The number of nitrogens with zero attached hydrogens (tertiary/aromatic N) is 1. The number of carbonyl (C=O) groups is 2. The van der Waals surface area contributed by atoms with Gasteiger partial charge in [-0.25, -0.2) is 18.5 Å². The first kappa shape index (κ1) is 15.5. The highest BCUT2D eigenvalue weighted by Crippen LogP contribution is 2.25. The molecule has 21 heavy (non-hydrogen) atoms. The van der Waals surface area contributed by atoms with Crippen LogP contribution in [-0.2, 0) is 19.6 Å². The molecule has 10 heteroatoms. The third-order valence-electron chi connectivity index (χ3n) is 2.53. The number of amidine groups is 1. The molecular formula is C11H11N3O5S2. The highest BCUT2D eigenvalue weighted by atomic mass is 32.2. The lowest BCUT2D eigenvalue weighted by molar-refractivity contribution is -0.138. The SMILES string of the molecule is NS(=O)(=O)c1ccc(N=C2NC(=O)C(CC(=O)O)S2)cc1. The van der Waals surface area contributed by atoms with Crippen LogP contribution in [0.25, 0.3) is 0 Å². The molecule has 0 saturated carbocycles. The van der Waals surface area contributed by atoms with E-state index in [0.717, 1.165) is 11.8 Å². The number of aliphatic carboxylic acids is 1. The highest BCUT2D eigenvalue weighted by Gasteiger charge is 2.31. The number of benzene rings is 1. The molecule has 1 aromatic rings. The minimum atomic E-state index is -3.77. The maximum atomic E-state index is 11.5. The van der Waals surface area contributed by atoms with E-state index in [0.29, 0.717) is 5.69 Å². The van der Waals surface area contributed by atoms with Gasteiger partial charge in [-0.05, 0) is 24.3 Å². The molecule has 1 saturated heterocycles. The first-order valence-corrected chi connectivity index (χ1v) is 8.09. The number of hydrogen-bond donors (Lipinski definition) is 3. The summed E-state index contributed by atoms with van der Waals surface area (Å²) in [5, 5.41) is 15.7. The number of rotatable bonds is 4. The number of sulfonamides is 1. The Labute approximate surface area is 124 Å². The minimum Gasteiger partial charge on any atom is -0.481 e. The summed E-state index contributed by atoms with van der Waals surface area (Å²) in [4.78, 5) is 26.2. The van der Waals surface area contributed by atoms with E-state index in [9.17, 15) is 18.0 Å². The van der Waals surface area contributed by atoms with Crippen molar-refractivity contribution in [2.24, 2.45) is 10.1 Å². The highest BCUT2D eigenvalue weighted by molar-refractivity contribution is 8.15. The van der Waals surface area contributed by atoms with Gasteiger partial charge in [0, 0.05) is 0 Å². The number of aliphatic imine (C=N–C) groups is 1. The van der Waals surface area contributed by atoms with Gasteiger partial charge in [-0.15, -0.1) is 0 Å². The summed E-state index contributed by atoms with van der Waals surface area (Å²) in [5.74, 6) is -1.48. The number of thioether (sulfide) groups is 1. The van der Waals surface area contributed by atoms with Crippen molar-refractivity contribution in [2.45, 2.75) is 16.6 Å². The fourth-order valence-corrected chi connectivity index (χ4v) is 3.07. The number of nitrogens with one attached hydrogen (secondary N) is 1. The number of primary sulfonamides is 1. The molecule has 1 aliphatic rings. The number of carbonyl (C=O) groups excluding carboxylic acids is 1. The van der Waals surface area contributed by atoms with Gasteiger partial charge >= 0.3 is 5.97 Å². The summed E-state index contributed by atoms with van der Waals surface area (Å²) >= 11 is 1.02. The van der Waals surface area contributed by atoms with E-state index < -0.39 is 27.1 Å². The second-order valence-corrected chi connectivity index (χ2v) is 6.90. The molecule has 0 bridgehead atoms. The van der Waals surface area contributed by atoms with E-state index in [-0.39, 0.29) is 16.5 Å². The third-order valence-corrected chi connectivity index (χ3v) is 4.54. The zero-order chi connectivity index (χ0) is 15.6. The van der Waals surface area contributed by atoms with Crippen LogP contribution < -0.4 is 10.5 Å². The van der Waals surface area contributed by atoms with Gasteiger partial charge in [0.2, 0.25) is 15.9 Å². The van der Waals surface area contributed by atoms with E-state index in [2.05, 4.69) is 10.3 Å². The predicted molar refractivity (Wildman–Crippen MR) is 76.7 cm³/mol. The number of amides is 1. The molecular weight excluding hydrogens is 318 g/mol. The Bertz CT molecular complexity index is 712. The number of nitrogens with two attached hydrogens (primary N) is 1. The number of hydrogen-bond acceptors (Lipinski definition) is 6. The Morgan fingerprint density at radius 1 is 1.38 bits per heavy atom. The molecule has 1 aliphatic heterocycles. The van der Waals surface area contributed by atoms with Crippen LogP contribution in [0.4, 0.5) is 5.69 Å². The van der Waals surface area contributed by atoms with Crippen LogP contribution in [0.5, 0.6) is 0 Å². The lowest BCUT2D eigenvalue weighted by atomic mass is 10.3. The van der Waals surface area contributed by atoms with E-state index in [4.69, 9.17) is 10.2 Å². The van der Waals surface area contributed by atoms with Gasteiger partial charge < -0.3 is 10.4 Å². The molecule has 1 aromatic carbocycles. The molecule has 8 nitrogen and oxygen atoms in total. The van der Waals surface area contributed by atoms with Gasteiger partial charge in [0.1, 0.15) is 5.25 Å². The molecule has 2 rings (SSSR count). The van der Waals surface area contributed by atoms with Crippen molar-refractivity contribution in [3.8, 4) is 0 Å². The van der Waals surface area contributed by atoms with Crippen LogP contribution in [0, 0.1) is 0 Å². The monoisotopic (exact) mass is 329 g/mol. The summed E-state index contributed by atoms with van der Waals surface area (Å²) < 4.78 is 22.2.